The van der Waals surface area contributed by atoms with Crippen LogP contribution in [0, 0.1) is 20.8 Å². The molecule has 0 radical (unpaired) electrons. The first-order valence-electron chi connectivity index (χ1n) is 7.94. The molecule has 24 heavy (non-hydrogen) atoms. The minimum atomic E-state index is 0. The van der Waals surface area contributed by atoms with Crippen molar-refractivity contribution in [3.05, 3.63) is 46.9 Å². The summed E-state index contributed by atoms with van der Waals surface area (Å²) in [7, 11) is 0. The van der Waals surface area contributed by atoms with Gasteiger partial charge in [-0.3, -0.25) is 4.98 Å². The van der Waals surface area contributed by atoms with E-state index in [1.165, 1.54) is 11.1 Å². The summed E-state index contributed by atoms with van der Waals surface area (Å²) in [5.74, 6) is 2.26. The summed E-state index contributed by atoms with van der Waals surface area (Å²) < 4.78 is 5.55. The summed E-state index contributed by atoms with van der Waals surface area (Å²) >= 11 is 0. The van der Waals surface area contributed by atoms with Gasteiger partial charge in [-0.25, -0.2) is 9.98 Å². The van der Waals surface area contributed by atoms with Gasteiger partial charge in [-0.1, -0.05) is 0 Å². The third-order valence-electron chi connectivity index (χ3n) is 3.61. The molecule has 2 aromatic rings. The molecule has 132 valence electrons. The number of hydrogen-bond acceptors (Lipinski definition) is 4. The van der Waals surface area contributed by atoms with Crippen molar-refractivity contribution in [3.8, 4) is 0 Å². The van der Waals surface area contributed by atoms with Gasteiger partial charge < -0.3 is 15.1 Å². The van der Waals surface area contributed by atoms with Crippen molar-refractivity contribution in [2.45, 2.75) is 40.7 Å². The fourth-order valence-electron chi connectivity index (χ4n) is 2.19. The monoisotopic (exact) mass is 443 g/mol. The maximum absolute atomic E-state index is 5.55. The predicted molar refractivity (Wildman–Crippen MR) is 107 cm³/mol. The van der Waals surface area contributed by atoms with Gasteiger partial charge in [-0.15, -0.1) is 24.0 Å². The zero-order valence-corrected chi connectivity index (χ0v) is 17.0. The van der Waals surface area contributed by atoms with E-state index in [-0.39, 0.29) is 24.0 Å². The Balaban J connectivity index is 0.00000288. The van der Waals surface area contributed by atoms with Crippen LogP contribution in [0.3, 0.4) is 0 Å². The number of nitrogens with zero attached hydrogens (tertiary/aromatic N) is 3. The van der Waals surface area contributed by atoms with Gasteiger partial charge in [0.1, 0.15) is 12.3 Å². The molecule has 0 aliphatic heterocycles. The van der Waals surface area contributed by atoms with E-state index in [1.807, 2.05) is 33.2 Å². The lowest BCUT2D eigenvalue weighted by molar-refractivity contribution is 0.473. The molecule has 2 heterocycles. The molecule has 2 rings (SSSR count). The van der Waals surface area contributed by atoms with E-state index in [0.29, 0.717) is 12.4 Å². The number of oxazole rings is 1. The highest BCUT2D eigenvalue weighted by Gasteiger charge is 2.05. The van der Waals surface area contributed by atoms with Gasteiger partial charge in [0.25, 0.3) is 0 Å². The van der Waals surface area contributed by atoms with Crippen molar-refractivity contribution in [3.63, 3.8) is 0 Å². The fourth-order valence-corrected chi connectivity index (χ4v) is 2.19. The van der Waals surface area contributed by atoms with E-state index < -0.39 is 0 Å². The quantitative estimate of drug-likeness (QED) is 0.408. The van der Waals surface area contributed by atoms with Crippen molar-refractivity contribution in [1.82, 2.24) is 20.6 Å². The summed E-state index contributed by atoms with van der Waals surface area (Å²) in [5.41, 5.74) is 3.42. The number of hydrogen-bond donors (Lipinski definition) is 2. The van der Waals surface area contributed by atoms with Crippen LogP contribution < -0.4 is 10.6 Å². The van der Waals surface area contributed by atoms with Gasteiger partial charge in [0.2, 0.25) is 5.89 Å². The first-order chi connectivity index (χ1) is 11.1. The first kappa shape index (κ1) is 20.4. The molecule has 7 heteroatoms. The second-order valence-corrected chi connectivity index (χ2v) is 5.42. The second kappa shape index (κ2) is 10.3. The Hall–Kier alpha value is -1.64. The lowest BCUT2D eigenvalue weighted by atomic mass is 10.1. The minimum Gasteiger partial charge on any atom is -0.444 e. The number of pyridine rings is 1. The van der Waals surface area contributed by atoms with Crippen LogP contribution in [0.15, 0.2) is 27.9 Å². The van der Waals surface area contributed by atoms with Crippen molar-refractivity contribution < 1.29 is 4.42 Å². The summed E-state index contributed by atoms with van der Waals surface area (Å²) in [6, 6.07) is 2.05. The lowest BCUT2D eigenvalue weighted by Crippen LogP contribution is -2.38. The van der Waals surface area contributed by atoms with Gasteiger partial charge in [0.15, 0.2) is 5.96 Å². The first-order valence-corrected chi connectivity index (χ1v) is 7.94. The third kappa shape index (κ3) is 6.10. The number of halogens is 1. The topological polar surface area (TPSA) is 75.3 Å². The molecule has 0 spiro atoms. The number of rotatable bonds is 6. The molecule has 2 aromatic heterocycles. The van der Waals surface area contributed by atoms with Crippen LogP contribution >= 0.6 is 24.0 Å². The largest absolute Gasteiger partial charge is 0.444 e. The molecule has 6 nitrogen and oxygen atoms in total. The maximum Gasteiger partial charge on any atom is 0.216 e. The average Bonchev–Trinajstić information content (AvgIpc) is 2.85. The number of guanidine groups is 1. The molecule has 0 bridgehead atoms. The molecular weight excluding hydrogens is 417 g/mol. The van der Waals surface area contributed by atoms with Crippen molar-refractivity contribution in [2.24, 2.45) is 4.99 Å². The molecule has 0 amide bonds. The molecule has 0 aliphatic rings. The van der Waals surface area contributed by atoms with E-state index in [2.05, 4.69) is 38.6 Å². The van der Waals surface area contributed by atoms with Crippen LogP contribution in [-0.4, -0.2) is 29.0 Å². The van der Waals surface area contributed by atoms with Crippen LogP contribution in [0.5, 0.6) is 0 Å². The van der Waals surface area contributed by atoms with Gasteiger partial charge >= 0.3 is 0 Å². The zero-order valence-electron chi connectivity index (χ0n) is 14.7. The Morgan fingerprint density at radius 2 is 2.04 bits per heavy atom. The van der Waals surface area contributed by atoms with E-state index in [0.717, 1.165) is 36.9 Å². The van der Waals surface area contributed by atoms with Crippen molar-refractivity contribution in [2.75, 3.05) is 13.1 Å². The Morgan fingerprint density at radius 3 is 2.67 bits per heavy atom. The summed E-state index contributed by atoms with van der Waals surface area (Å²) in [5, 5.41) is 6.57. The van der Waals surface area contributed by atoms with Gasteiger partial charge in [0, 0.05) is 25.5 Å². The number of nitrogens with one attached hydrogen (secondary N) is 2. The fraction of sp³-hybridized carbons (Fsp3) is 0.471. The second-order valence-electron chi connectivity index (χ2n) is 5.42. The summed E-state index contributed by atoms with van der Waals surface area (Å²) in [4.78, 5) is 13.0. The Morgan fingerprint density at radius 1 is 1.25 bits per heavy atom. The zero-order chi connectivity index (χ0) is 16.7. The molecule has 0 aliphatic carbocycles. The van der Waals surface area contributed by atoms with E-state index in [4.69, 9.17) is 4.42 Å². The molecule has 0 aromatic carbocycles. The standard InChI is InChI=1S/C17H25N5O.HI/c1-5-19-17(21-11-16-22-13(3)14(4)23-16)20-9-7-15-6-8-18-10-12(15)2;/h6,8,10H,5,7,9,11H2,1-4H3,(H2,19,20,21);1H. The number of aliphatic imine (C=N–C) groups is 1. The van der Waals surface area contributed by atoms with Crippen LogP contribution in [0.25, 0.3) is 0 Å². The smallest absolute Gasteiger partial charge is 0.216 e. The SMILES string of the molecule is CCNC(=NCc1nc(C)c(C)o1)NCCc1ccncc1C.I. The molecular formula is C17H26IN5O. The van der Waals surface area contributed by atoms with Crippen LogP contribution in [0.2, 0.25) is 0 Å². The highest BCUT2D eigenvalue weighted by Crippen LogP contribution is 2.09. The Bertz CT molecular complexity index is 649. The van der Waals surface area contributed by atoms with E-state index in [1.54, 1.807) is 0 Å². The highest BCUT2D eigenvalue weighted by molar-refractivity contribution is 14.0. The van der Waals surface area contributed by atoms with Crippen LogP contribution in [0.1, 0.15) is 35.4 Å². The summed E-state index contributed by atoms with van der Waals surface area (Å²) in [6.45, 7) is 10.0. The van der Waals surface area contributed by atoms with Crippen LogP contribution in [0.4, 0.5) is 0 Å². The Kier molecular flexibility index (Phi) is 8.73. The van der Waals surface area contributed by atoms with Gasteiger partial charge in [0.05, 0.1) is 5.69 Å². The minimum absolute atomic E-state index is 0. The third-order valence-corrected chi connectivity index (χ3v) is 3.61. The normalized spacial score (nSPS) is 11.1. The van der Waals surface area contributed by atoms with Gasteiger partial charge in [-0.2, -0.15) is 0 Å². The van der Waals surface area contributed by atoms with E-state index >= 15 is 0 Å². The summed E-state index contributed by atoms with van der Waals surface area (Å²) in [6.07, 6.45) is 4.65. The molecule has 0 fully saturated rings. The predicted octanol–water partition coefficient (Wildman–Crippen LogP) is 2.91. The molecule has 2 N–H and O–H groups in total. The molecule has 0 saturated heterocycles. The van der Waals surface area contributed by atoms with Crippen molar-refractivity contribution in [1.29, 1.82) is 0 Å². The highest BCUT2D eigenvalue weighted by atomic mass is 127. The lowest BCUT2D eigenvalue weighted by Gasteiger charge is -2.11. The molecule has 0 unspecified atom stereocenters. The van der Waals surface area contributed by atoms with Crippen molar-refractivity contribution >= 4 is 29.9 Å². The number of aromatic nitrogens is 2. The molecule has 0 saturated carbocycles. The van der Waals surface area contributed by atoms with E-state index in [9.17, 15) is 0 Å². The Labute approximate surface area is 160 Å². The van der Waals surface area contributed by atoms with Gasteiger partial charge in [-0.05, 0) is 51.3 Å². The van der Waals surface area contributed by atoms with Crippen LogP contribution in [-0.2, 0) is 13.0 Å². The molecule has 0 atom stereocenters. The average molecular weight is 443 g/mol. The maximum atomic E-state index is 5.55. The number of aryl methyl sites for hydroxylation is 3.